The van der Waals surface area contributed by atoms with Gasteiger partial charge in [0.05, 0.1) is 11.2 Å². The maximum absolute atomic E-state index is 3.87. The first-order valence-electron chi connectivity index (χ1n) is 6.74. The average molecular weight is 269 g/mol. The quantitative estimate of drug-likeness (QED) is 0.728. The summed E-state index contributed by atoms with van der Waals surface area (Å²) in [6, 6.07) is 6.47. The lowest BCUT2D eigenvalue weighted by atomic mass is 10.2. The summed E-state index contributed by atoms with van der Waals surface area (Å²) in [7, 11) is 4.20. The van der Waals surface area contributed by atoms with Crippen molar-refractivity contribution in [2.75, 3.05) is 20.6 Å². The highest BCUT2D eigenvalue weighted by Gasteiger charge is 2.07. The number of likely N-dealkylation sites (N-methyl/N-ethyl adjacent to an activating group) is 1. The Morgan fingerprint density at radius 1 is 1.15 bits per heavy atom. The fourth-order valence-electron chi connectivity index (χ4n) is 2.45. The third-order valence-corrected chi connectivity index (χ3v) is 3.57. The van der Waals surface area contributed by atoms with Gasteiger partial charge in [-0.15, -0.1) is 10.2 Å². The van der Waals surface area contributed by atoms with Crippen molar-refractivity contribution in [3.05, 3.63) is 42.6 Å². The smallest absolute Gasteiger partial charge is 0.123 e. The Hall–Kier alpha value is -2.14. The molecule has 0 radical (unpaired) electrons. The maximum Gasteiger partial charge on any atom is 0.123 e. The molecule has 0 unspecified atom stereocenters. The predicted octanol–water partition coefficient (Wildman–Crippen LogP) is 2.09. The molecule has 3 rings (SSSR count). The van der Waals surface area contributed by atoms with Crippen molar-refractivity contribution in [3.8, 4) is 5.69 Å². The molecule has 0 spiro atoms. The maximum atomic E-state index is 3.87. The van der Waals surface area contributed by atoms with E-state index in [2.05, 4.69) is 65.1 Å². The Morgan fingerprint density at radius 2 is 1.90 bits per heavy atom. The standard InChI is InChI=1S/C15H19N5/c1-12-9-19(7-6-18(2)3)15-8-13(4-5-14(12)15)20-10-16-17-11-20/h4-5,8-11H,6-7H2,1-3H3. The Labute approximate surface area is 118 Å². The number of benzene rings is 1. The predicted molar refractivity (Wildman–Crippen MR) is 80.1 cm³/mol. The van der Waals surface area contributed by atoms with Gasteiger partial charge in [-0.3, -0.25) is 4.57 Å². The molecule has 20 heavy (non-hydrogen) atoms. The molecule has 0 amide bonds. The zero-order valence-corrected chi connectivity index (χ0v) is 12.1. The van der Waals surface area contributed by atoms with Crippen LogP contribution < -0.4 is 0 Å². The summed E-state index contributed by atoms with van der Waals surface area (Å²) in [6.45, 7) is 4.18. The summed E-state index contributed by atoms with van der Waals surface area (Å²) < 4.78 is 4.25. The van der Waals surface area contributed by atoms with Gasteiger partial charge in [-0.2, -0.15) is 0 Å². The molecular weight excluding hydrogens is 250 g/mol. The second-order valence-corrected chi connectivity index (χ2v) is 5.38. The SMILES string of the molecule is Cc1cn(CCN(C)C)c2cc(-n3cnnc3)ccc12. The van der Waals surface area contributed by atoms with E-state index in [0.29, 0.717) is 0 Å². The van der Waals surface area contributed by atoms with Crippen LogP contribution in [0.25, 0.3) is 16.6 Å². The van der Waals surface area contributed by atoms with Crippen molar-refractivity contribution < 1.29 is 0 Å². The number of rotatable bonds is 4. The highest BCUT2D eigenvalue weighted by Crippen LogP contribution is 2.23. The van der Waals surface area contributed by atoms with E-state index >= 15 is 0 Å². The van der Waals surface area contributed by atoms with Crippen molar-refractivity contribution in [2.45, 2.75) is 13.5 Å². The van der Waals surface area contributed by atoms with E-state index < -0.39 is 0 Å². The Bertz CT molecular complexity index is 709. The van der Waals surface area contributed by atoms with Gasteiger partial charge in [0.25, 0.3) is 0 Å². The van der Waals surface area contributed by atoms with Gasteiger partial charge < -0.3 is 9.47 Å². The number of hydrogen-bond acceptors (Lipinski definition) is 3. The number of aromatic nitrogens is 4. The second kappa shape index (κ2) is 5.09. The first-order chi connectivity index (χ1) is 9.65. The number of aryl methyl sites for hydroxylation is 1. The molecule has 5 heteroatoms. The van der Waals surface area contributed by atoms with E-state index in [0.717, 1.165) is 18.8 Å². The summed E-state index contributed by atoms with van der Waals surface area (Å²) in [6.07, 6.45) is 5.67. The molecule has 104 valence electrons. The Morgan fingerprint density at radius 3 is 2.60 bits per heavy atom. The first-order valence-corrected chi connectivity index (χ1v) is 6.74. The Kier molecular flexibility index (Phi) is 3.28. The van der Waals surface area contributed by atoms with Crippen molar-refractivity contribution in [3.63, 3.8) is 0 Å². The minimum absolute atomic E-state index is 0.989. The van der Waals surface area contributed by atoms with E-state index in [-0.39, 0.29) is 0 Å². The third-order valence-electron chi connectivity index (χ3n) is 3.57. The molecule has 1 aromatic carbocycles. The topological polar surface area (TPSA) is 38.9 Å². The molecule has 5 nitrogen and oxygen atoms in total. The van der Waals surface area contributed by atoms with Crippen LogP contribution in [0, 0.1) is 6.92 Å². The summed E-state index contributed by atoms with van der Waals surface area (Å²) in [5.74, 6) is 0. The molecule has 0 fully saturated rings. The molecule has 0 saturated carbocycles. The van der Waals surface area contributed by atoms with Crippen LogP contribution in [0.4, 0.5) is 0 Å². The molecule has 2 heterocycles. The van der Waals surface area contributed by atoms with Crippen molar-refractivity contribution in [1.29, 1.82) is 0 Å². The van der Waals surface area contributed by atoms with Crippen molar-refractivity contribution in [2.24, 2.45) is 0 Å². The van der Waals surface area contributed by atoms with Crippen LogP contribution in [0.5, 0.6) is 0 Å². The van der Waals surface area contributed by atoms with E-state index in [1.54, 1.807) is 12.7 Å². The summed E-state index contributed by atoms with van der Waals surface area (Å²) in [4.78, 5) is 2.20. The van der Waals surface area contributed by atoms with Gasteiger partial charge in [-0.05, 0) is 38.7 Å². The van der Waals surface area contributed by atoms with Gasteiger partial charge in [0.2, 0.25) is 0 Å². The summed E-state index contributed by atoms with van der Waals surface area (Å²) >= 11 is 0. The molecule has 0 atom stereocenters. The van der Waals surface area contributed by atoms with Crippen molar-refractivity contribution in [1.82, 2.24) is 24.2 Å². The molecule has 3 aromatic rings. The van der Waals surface area contributed by atoms with Gasteiger partial charge in [-0.25, -0.2) is 0 Å². The fraction of sp³-hybridized carbons (Fsp3) is 0.333. The molecule has 2 aromatic heterocycles. The van der Waals surface area contributed by atoms with Crippen LogP contribution in [-0.4, -0.2) is 44.9 Å². The average Bonchev–Trinajstić information content (AvgIpc) is 3.05. The van der Waals surface area contributed by atoms with Crippen LogP contribution in [-0.2, 0) is 6.54 Å². The van der Waals surface area contributed by atoms with Crippen LogP contribution in [0.2, 0.25) is 0 Å². The Balaban J connectivity index is 2.05. The van der Waals surface area contributed by atoms with Gasteiger partial charge in [0.1, 0.15) is 12.7 Å². The van der Waals surface area contributed by atoms with Gasteiger partial charge in [0, 0.05) is 24.7 Å². The molecule has 0 aliphatic carbocycles. The molecule has 0 N–H and O–H groups in total. The lowest BCUT2D eigenvalue weighted by Gasteiger charge is -2.11. The largest absolute Gasteiger partial charge is 0.346 e. The van der Waals surface area contributed by atoms with Crippen LogP contribution in [0.15, 0.2) is 37.1 Å². The van der Waals surface area contributed by atoms with E-state index in [9.17, 15) is 0 Å². The fourth-order valence-corrected chi connectivity index (χ4v) is 2.45. The summed E-state index contributed by atoms with van der Waals surface area (Å²) in [5, 5.41) is 9.04. The van der Waals surface area contributed by atoms with Crippen LogP contribution in [0.1, 0.15) is 5.56 Å². The van der Waals surface area contributed by atoms with Crippen LogP contribution >= 0.6 is 0 Å². The highest BCUT2D eigenvalue weighted by molar-refractivity contribution is 5.85. The molecule has 0 aliphatic rings. The van der Waals surface area contributed by atoms with Gasteiger partial charge in [0.15, 0.2) is 0 Å². The third kappa shape index (κ3) is 2.32. The highest BCUT2D eigenvalue weighted by atomic mass is 15.2. The minimum atomic E-state index is 0.989. The van der Waals surface area contributed by atoms with E-state index in [1.165, 1.54) is 16.5 Å². The lowest BCUT2D eigenvalue weighted by molar-refractivity contribution is 0.387. The molecular formula is C15H19N5. The zero-order valence-electron chi connectivity index (χ0n) is 12.1. The number of fused-ring (bicyclic) bond motifs is 1. The molecule has 0 saturated heterocycles. The normalized spacial score (nSPS) is 11.6. The lowest BCUT2D eigenvalue weighted by Crippen LogP contribution is -2.17. The van der Waals surface area contributed by atoms with Crippen LogP contribution in [0.3, 0.4) is 0 Å². The number of hydrogen-bond donors (Lipinski definition) is 0. The zero-order chi connectivity index (χ0) is 14.1. The van der Waals surface area contributed by atoms with Crippen molar-refractivity contribution >= 4 is 10.9 Å². The monoisotopic (exact) mass is 269 g/mol. The minimum Gasteiger partial charge on any atom is -0.346 e. The van der Waals surface area contributed by atoms with Gasteiger partial charge >= 0.3 is 0 Å². The van der Waals surface area contributed by atoms with Gasteiger partial charge in [-0.1, -0.05) is 6.07 Å². The molecule has 0 aliphatic heterocycles. The molecule has 0 bridgehead atoms. The second-order valence-electron chi connectivity index (χ2n) is 5.38. The summed E-state index contributed by atoms with van der Waals surface area (Å²) in [5.41, 5.74) is 3.66. The first kappa shape index (κ1) is 12.9. The van der Waals surface area contributed by atoms with E-state index in [1.807, 2.05) is 4.57 Å². The van der Waals surface area contributed by atoms with E-state index in [4.69, 9.17) is 0 Å². The number of nitrogens with zero attached hydrogens (tertiary/aromatic N) is 5.